The zero-order valence-corrected chi connectivity index (χ0v) is 14.8. The maximum absolute atomic E-state index is 12.1. The number of nitrogens with one attached hydrogen (secondary N) is 2. The van der Waals surface area contributed by atoms with E-state index in [9.17, 15) is 9.59 Å². The fraction of sp³-hybridized carbons (Fsp3) is 0.263. The number of methoxy groups -OCH3 is 1. The van der Waals surface area contributed by atoms with Crippen molar-refractivity contribution in [2.75, 3.05) is 26.8 Å². The third-order valence-electron chi connectivity index (χ3n) is 3.61. The van der Waals surface area contributed by atoms with Gasteiger partial charge in [-0.1, -0.05) is 23.7 Å². The van der Waals surface area contributed by atoms with Crippen molar-refractivity contribution in [1.29, 1.82) is 0 Å². The molecule has 0 aliphatic rings. The monoisotopic (exact) mass is 360 g/mol. The summed E-state index contributed by atoms with van der Waals surface area (Å²) in [6.07, 6.45) is 0.725. The van der Waals surface area contributed by atoms with E-state index in [1.165, 1.54) is 0 Å². The molecule has 0 saturated carbocycles. The number of halogens is 1. The molecule has 2 aromatic carbocycles. The van der Waals surface area contributed by atoms with Gasteiger partial charge in [0.15, 0.2) is 0 Å². The Morgan fingerprint density at radius 2 is 1.40 bits per heavy atom. The van der Waals surface area contributed by atoms with Gasteiger partial charge in [-0.25, -0.2) is 0 Å². The number of carbonyl (C=O) groups excluding carboxylic acids is 2. The van der Waals surface area contributed by atoms with E-state index < -0.39 is 0 Å². The number of carbonyl (C=O) groups is 2. The fourth-order valence-electron chi connectivity index (χ4n) is 2.22. The minimum absolute atomic E-state index is 0.166. The molecule has 0 radical (unpaired) electrons. The highest BCUT2D eigenvalue weighted by atomic mass is 35.5. The predicted octanol–water partition coefficient (Wildman–Crippen LogP) is 2.69. The summed E-state index contributed by atoms with van der Waals surface area (Å²) in [5, 5.41) is 6.29. The molecule has 2 amide bonds. The van der Waals surface area contributed by atoms with E-state index in [2.05, 4.69) is 10.6 Å². The summed E-state index contributed by atoms with van der Waals surface area (Å²) in [6.45, 7) is 1.43. The molecule has 6 heteroatoms. The van der Waals surface area contributed by atoms with Gasteiger partial charge >= 0.3 is 0 Å². The van der Waals surface area contributed by atoms with E-state index in [1.54, 1.807) is 31.4 Å². The van der Waals surface area contributed by atoms with Gasteiger partial charge in [0.1, 0.15) is 0 Å². The summed E-state index contributed by atoms with van der Waals surface area (Å²) >= 11 is 5.84. The lowest BCUT2D eigenvalue weighted by molar-refractivity contribution is 0.0931. The average Bonchev–Trinajstić information content (AvgIpc) is 2.63. The second-order valence-electron chi connectivity index (χ2n) is 5.46. The van der Waals surface area contributed by atoms with Gasteiger partial charge in [-0.3, -0.25) is 9.59 Å². The van der Waals surface area contributed by atoms with Gasteiger partial charge in [0, 0.05) is 36.3 Å². The number of hydrogen-bond acceptors (Lipinski definition) is 3. The summed E-state index contributed by atoms with van der Waals surface area (Å²) in [7, 11) is 1.58. The lowest BCUT2D eigenvalue weighted by Crippen LogP contribution is -2.27. The number of rotatable bonds is 8. The standard InChI is InChI=1S/C19H21ClN2O3/c1-25-13-12-22-19(24)16-6-4-15(5-7-16)18(23)21-11-10-14-2-8-17(20)9-3-14/h2-9H,10-13H2,1H3,(H,21,23)(H,22,24). The van der Waals surface area contributed by atoms with Crippen LogP contribution in [0.1, 0.15) is 26.3 Å². The van der Waals surface area contributed by atoms with Crippen LogP contribution in [-0.2, 0) is 11.2 Å². The predicted molar refractivity (Wildman–Crippen MR) is 98.1 cm³/mol. The largest absolute Gasteiger partial charge is 0.383 e. The Labute approximate surface area is 152 Å². The highest BCUT2D eigenvalue weighted by Gasteiger charge is 2.08. The van der Waals surface area contributed by atoms with Gasteiger partial charge in [-0.2, -0.15) is 0 Å². The minimum atomic E-state index is -0.188. The van der Waals surface area contributed by atoms with Gasteiger partial charge in [0.2, 0.25) is 0 Å². The first kappa shape index (κ1) is 19.0. The van der Waals surface area contributed by atoms with Crippen molar-refractivity contribution >= 4 is 23.4 Å². The van der Waals surface area contributed by atoms with Gasteiger partial charge in [-0.15, -0.1) is 0 Å². The molecular weight excluding hydrogens is 340 g/mol. The van der Waals surface area contributed by atoms with Crippen molar-refractivity contribution in [1.82, 2.24) is 10.6 Å². The molecule has 5 nitrogen and oxygen atoms in total. The average molecular weight is 361 g/mol. The van der Waals surface area contributed by atoms with Crippen molar-refractivity contribution in [3.63, 3.8) is 0 Å². The number of hydrogen-bond donors (Lipinski definition) is 2. The second-order valence-corrected chi connectivity index (χ2v) is 5.89. The van der Waals surface area contributed by atoms with Crippen LogP contribution in [-0.4, -0.2) is 38.6 Å². The molecule has 2 rings (SSSR count). The Kier molecular flexibility index (Phi) is 7.44. The lowest BCUT2D eigenvalue weighted by Gasteiger charge is -2.07. The van der Waals surface area contributed by atoms with E-state index >= 15 is 0 Å². The summed E-state index contributed by atoms with van der Waals surface area (Å²) in [5.74, 6) is -0.355. The molecule has 0 aromatic heterocycles. The van der Waals surface area contributed by atoms with Crippen LogP contribution in [0.25, 0.3) is 0 Å². The quantitative estimate of drug-likeness (QED) is 0.711. The lowest BCUT2D eigenvalue weighted by atomic mass is 10.1. The van der Waals surface area contributed by atoms with Gasteiger partial charge in [0.05, 0.1) is 6.61 Å². The summed E-state index contributed by atoms with van der Waals surface area (Å²) in [5.41, 5.74) is 2.13. The third kappa shape index (κ3) is 6.21. The van der Waals surface area contributed by atoms with E-state index in [-0.39, 0.29) is 11.8 Å². The van der Waals surface area contributed by atoms with Crippen LogP contribution in [0.2, 0.25) is 5.02 Å². The Balaban J connectivity index is 1.81. The molecule has 0 bridgehead atoms. The number of amides is 2. The summed E-state index contributed by atoms with van der Waals surface area (Å²) in [4.78, 5) is 24.0. The molecule has 0 fully saturated rings. The second kappa shape index (κ2) is 9.81. The third-order valence-corrected chi connectivity index (χ3v) is 3.87. The highest BCUT2D eigenvalue weighted by molar-refractivity contribution is 6.30. The van der Waals surface area contributed by atoms with Crippen LogP contribution in [0.15, 0.2) is 48.5 Å². The first-order valence-electron chi connectivity index (χ1n) is 8.00. The summed E-state index contributed by atoms with van der Waals surface area (Å²) < 4.78 is 4.88. The molecule has 0 unspecified atom stereocenters. The van der Waals surface area contributed by atoms with Crippen molar-refractivity contribution in [3.05, 3.63) is 70.2 Å². The van der Waals surface area contributed by atoms with E-state index in [0.717, 1.165) is 12.0 Å². The Morgan fingerprint density at radius 3 is 1.92 bits per heavy atom. The van der Waals surface area contributed by atoms with Crippen LogP contribution in [0.3, 0.4) is 0 Å². The van der Waals surface area contributed by atoms with Crippen LogP contribution in [0, 0.1) is 0 Å². The SMILES string of the molecule is COCCNC(=O)c1ccc(C(=O)NCCc2ccc(Cl)cc2)cc1. The van der Waals surface area contributed by atoms with Crippen molar-refractivity contribution < 1.29 is 14.3 Å². The first-order chi connectivity index (χ1) is 12.1. The molecule has 0 spiro atoms. The smallest absolute Gasteiger partial charge is 0.251 e. The molecule has 0 saturated heterocycles. The molecule has 2 aromatic rings. The van der Waals surface area contributed by atoms with Crippen LogP contribution >= 0.6 is 11.6 Å². The van der Waals surface area contributed by atoms with E-state index in [0.29, 0.717) is 35.8 Å². The first-order valence-corrected chi connectivity index (χ1v) is 8.38. The van der Waals surface area contributed by atoms with Crippen LogP contribution in [0.5, 0.6) is 0 Å². The maximum atomic E-state index is 12.1. The normalized spacial score (nSPS) is 10.3. The molecule has 2 N–H and O–H groups in total. The molecule has 0 heterocycles. The van der Waals surface area contributed by atoms with E-state index in [4.69, 9.17) is 16.3 Å². The topological polar surface area (TPSA) is 67.4 Å². The van der Waals surface area contributed by atoms with E-state index in [1.807, 2.05) is 24.3 Å². The van der Waals surface area contributed by atoms with Crippen molar-refractivity contribution in [3.8, 4) is 0 Å². The highest BCUT2D eigenvalue weighted by Crippen LogP contribution is 2.10. The van der Waals surface area contributed by atoms with Crippen LogP contribution in [0.4, 0.5) is 0 Å². The Bertz CT molecular complexity index is 700. The number of ether oxygens (including phenoxy) is 1. The Hall–Kier alpha value is -2.37. The fourth-order valence-corrected chi connectivity index (χ4v) is 2.34. The Morgan fingerprint density at radius 1 is 0.880 bits per heavy atom. The molecular formula is C19H21ClN2O3. The van der Waals surface area contributed by atoms with Crippen LogP contribution < -0.4 is 10.6 Å². The van der Waals surface area contributed by atoms with Gasteiger partial charge in [0.25, 0.3) is 11.8 Å². The number of benzene rings is 2. The van der Waals surface area contributed by atoms with Gasteiger partial charge < -0.3 is 15.4 Å². The summed E-state index contributed by atoms with van der Waals surface area (Å²) in [6, 6.07) is 14.1. The molecule has 25 heavy (non-hydrogen) atoms. The molecule has 0 aliphatic heterocycles. The zero-order valence-electron chi connectivity index (χ0n) is 14.0. The van der Waals surface area contributed by atoms with Crippen molar-refractivity contribution in [2.45, 2.75) is 6.42 Å². The minimum Gasteiger partial charge on any atom is -0.383 e. The molecule has 0 atom stereocenters. The maximum Gasteiger partial charge on any atom is 0.251 e. The molecule has 132 valence electrons. The zero-order chi connectivity index (χ0) is 18.1. The van der Waals surface area contributed by atoms with Gasteiger partial charge in [-0.05, 0) is 48.4 Å². The van der Waals surface area contributed by atoms with Crippen molar-refractivity contribution in [2.24, 2.45) is 0 Å². The molecule has 0 aliphatic carbocycles.